The van der Waals surface area contributed by atoms with E-state index in [-0.39, 0.29) is 18.4 Å². The van der Waals surface area contributed by atoms with Gasteiger partial charge in [0, 0.05) is 6.04 Å². The monoisotopic (exact) mass is 210 g/mol. The number of hydrogen-bond acceptors (Lipinski definition) is 3. The van der Waals surface area contributed by atoms with Gasteiger partial charge in [-0.25, -0.2) is 0 Å². The second-order valence-electron chi connectivity index (χ2n) is 3.18. The molecule has 1 aromatic rings. The molecule has 1 heterocycles. The standard InChI is InChI=1S/C10H10N2O.ClH/c11-5-8-3-1-2-7-4-9(12)6-13-10(7)8;/h1-3,9H,4,6,12H2;1H. The van der Waals surface area contributed by atoms with Crippen molar-refractivity contribution in [2.24, 2.45) is 5.73 Å². The van der Waals surface area contributed by atoms with Gasteiger partial charge in [0.2, 0.25) is 0 Å². The normalized spacial score (nSPS) is 18.4. The van der Waals surface area contributed by atoms with Crippen LogP contribution in [0.3, 0.4) is 0 Å². The van der Waals surface area contributed by atoms with E-state index in [0.717, 1.165) is 12.0 Å². The maximum absolute atomic E-state index is 8.80. The minimum absolute atomic E-state index is 0. The summed E-state index contributed by atoms with van der Waals surface area (Å²) in [5.74, 6) is 0.715. The number of nitrogens with zero attached hydrogens (tertiary/aromatic N) is 1. The minimum Gasteiger partial charge on any atom is -0.490 e. The third-order valence-corrected chi connectivity index (χ3v) is 2.14. The lowest BCUT2D eigenvalue weighted by molar-refractivity contribution is 0.263. The number of nitriles is 1. The van der Waals surface area contributed by atoms with Crippen molar-refractivity contribution in [3.8, 4) is 11.8 Å². The summed E-state index contributed by atoms with van der Waals surface area (Å²) in [6.45, 7) is 0.506. The first-order chi connectivity index (χ1) is 6.31. The fourth-order valence-electron chi connectivity index (χ4n) is 1.54. The van der Waals surface area contributed by atoms with Crippen LogP contribution >= 0.6 is 12.4 Å². The van der Waals surface area contributed by atoms with Gasteiger partial charge in [0.25, 0.3) is 0 Å². The molecule has 0 spiro atoms. The van der Waals surface area contributed by atoms with Crippen LogP contribution < -0.4 is 10.5 Å². The molecule has 3 nitrogen and oxygen atoms in total. The van der Waals surface area contributed by atoms with E-state index in [1.165, 1.54) is 0 Å². The van der Waals surface area contributed by atoms with Gasteiger partial charge in [-0.05, 0) is 18.1 Å². The fraction of sp³-hybridized carbons (Fsp3) is 0.300. The zero-order chi connectivity index (χ0) is 9.26. The quantitative estimate of drug-likeness (QED) is 0.701. The molecule has 0 bridgehead atoms. The molecular weight excluding hydrogens is 200 g/mol. The van der Waals surface area contributed by atoms with E-state index in [0.29, 0.717) is 17.9 Å². The molecule has 1 aromatic carbocycles. The summed E-state index contributed by atoms with van der Waals surface area (Å²) in [5, 5.41) is 8.80. The highest BCUT2D eigenvalue weighted by Gasteiger charge is 2.18. The van der Waals surface area contributed by atoms with Crippen molar-refractivity contribution in [1.29, 1.82) is 5.26 Å². The first-order valence-electron chi connectivity index (χ1n) is 4.21. The number of halogens is 1. The third kappa shape index (κ3) is 1.82. The Hall–Kier alpha value is -1.24. The molecule has 0 aromatic heterocycles. The number of benzene rings is 1. The highest BCUT2D eigenvalue weighted by Crippen LogP contribution is 2.27. The zero-order valence-corrected chi connectivity index (χ0v) is 8.38. The van der Waals surface area contributed by atoms with E-state index in [9.17, 15) is 0 Å². The summed E-state index contributed by atoms with van der Waals surface area (Å²) in [5.41, 5.74) is 7.37. The predicted octanol–water partition coefficient (Wildman–Crippen LogP) is 1.24. The summed E-state index contributed by atoms with van der Waals surface area (Å²) in [6, 6.07) is 7.73. The van der Waals surface area contributed by atoms with Gasteiger partial charge in [-0.1, -0.05) is 12.1 Å². The maximum atomic E-state index is 8.80. The van der Waals surface area contributed by atoms with Crippen LogP contribution in [0.5, 0.6) is 5.75 Å². The molecule has 2 rings (SSSR count). The number of fused-ring (bicyclic) bond motifs is 1. The smallest absolute Gasteiger partial charge is 0.140 e. The number of ether oxygens (including phenoxy) is 1. The van der Waals surface area contributed by atoms with E-state index < -0.39 is 0 Å². The van der Waals surface area contributed by atoms with E-state index >= 15 is 0 Å². The van der Waals surface area contributed by atoms with E-state index in [4.69, 9.17) is 15.7 Å². The minimum atomic E-state index is 0. The molecule has 74 valence electrons. The van der Waals surface area contributed by atoms with Crippen LogP contribution in [0.4, 0.5) is 0 Å². The van der Waals surface area contributed by atoms with E-state index in [1.807, 2.05) is 12.1 Å². The Morgan fingerprint density at radius 1 is 1.50 bits per heavy atom. The van der Waals surface area contributed by atoms with Gasteiger partial charge < -0.3 is 10.5 Å². The Morgan fingerprint density at radius 2 is 2.29 bits per heavy atom. The van der Waals surface area contributed by atoms with E-state index in [2.05, 4.69) is 6.07 Å². The van der Waals surface area contributed by atoms with Gasteiger partial charge in [-0.15, -0.1) is 12.4 Å². The lowest BCUT2D eigenvalue weighted by Gasteiger charge is -2.22. The molecule has 1 atom stereocenters. The number of nitrogens with two attached hydrogens (primary N) is 1. The Bertz CT molecular complexity index is 373. The molecule has 0 fully saturated rings. The maximum Gasteiger partial charge on any atom is 0.140 e. The van der Waals surface area contributed by atoms with Crippen molar-refractivity contribution < 1.29 is 4.74 Å². The molecule has 2 N–H and O–H groups in total. The number of para-hydroxylation sites is 1. The lowest BCUT2D eigenvalue weighted by Crippen LogP contribution is -2.34. The third-order valence-electron chi connectivity index (χ3n) is 2.14. The highest BCUT2D eigenvalue weighted by molar-refractivity contribution is 5.85. The average molecular weight is 211 g/mol. The molecular formula is C10H11ClN2O. The molecule has 1 aliphatic heterocycles. The van der Waals surface area contributed by atoms with Crippen LogP contribution in [0.1, 0.15) is 11.1 Å². The Balaban J connectivity index is 0.000000980. The van der Waals surface area contributed by atoms with Gasteiger partial charge in [0.1, 0.15) is 18.4 Å². The average Bonchev–Trinajstić information content (AvgIpc) is 2.16. The first-order valence-corrected chi connectivity index (χ1v) is 4.21. The molecule has 0 amide bonds. The molecule has 14 heavy (non-hydrogen) atoms. The topological polar surface area (TPSA) is 59.0 Å². The summed E-state index contributed by atoms with van der Waals surface area (Å²) < 4.78 is 5.41. The number of hydrogen-bond donors (Lipinski definition) is 1. The predicted molar refractivity (Wildman–Crippen MR) is 55.6 cm³/mol. The summed E-state index contributed by atoms with van der Waals surface area (Å²) >= 11 is 0. The van der Waals surface area contributed by atoms with Crippen molar-refractivity contribution in [2.75, 3.05) is 6.61 Å². The van der Waals surface area contributed by atoms with Crippen molar-refractivity contribution in [3.63, 3.8) is 0 Å². The van der Waals surface area contributed by atoms with Gasteiger partial charge in [-0.2, -0.15) is 5.26 Å². The van der Waals surface area contributed by atoms with Crippen molar-refractivity contribution >= 4 is 12.4 Å². The molecule has 0 saturated carbocycles. The number of rotatable bonds is 0. The second-order valence-corrected chi connectivity index (χ2v) is 3.18. The lowest BCUT2D eigenvalue weighted by atomic mass is 10.0. The van der Waals surface area contributed by atoms with Crippen LogP contribution in [0.15, 0.2) is 18.2 Å². The van der Waals surface area contributed by atoms with Crippen LogP contribution in [0, 0.1) is 11.3 Å². The van der Waals surface area contributed by atoms with Gasteiger partial charge >= 0.3 is 0 Å². The van der Waals surface area contributed by atoms with Crippen molar-refractivity contribution in [1.82, 2.24) is 0 Å². The molecule has 0 aliphatic carbocycles. The first kappa shape index (κ1) is 10.8. The highest BCUT2D eigenvalue weighted by atomic mass is 35.5. The van der Waals surface area contributed by atoms with Crippen LogP contribution in [-0.2, 0) is 6.42 Å². The van der Waals surface area contributed by atoms with Gasteiger partial charge in [0.15, 0.2) is 0 Å². The fourth-order valence-corrected chi connectivity index (χ4v) is 1.54. The van der Waals surface area contributed by atoms with Crippen LogP contribution in [-0.4, -0.2) is 12.6 Å². The summed E-state index contributed by atoms with van der Waals surface area (Å²) in [6.07, 6.45) is 0.796. The van der Waals surface area contributed by atoms with Crippen molar-refractivity contribution in [3.05, 3.63) is 29.3 Å². The van der Waals surface area contributed by atoms with Crippen LogP contribution in [0.25, 0.3) is 0 Å². The van der Waals surface area contributed by atoms with E-state index in [1.54, 1.807) is 6.07 Å². The van der Waals surface area contributed by atoms with Crippen LogP contribution in [0.2, 0.25) is 0 Å². The van der Waals surface area contributed by atoms with Gasteiger partial charge in [-0.3, -0.25) is 0 Å². The zero-order valence-electron chi connectivity index (χ0n) is 7.56. The largest absolute Gasteiger partial charge is 0.490 e. The molecule has 1 aliphatic rings. The Morgan fingerprint density at radius 3 is 3.00 bits per heavy atom. The van der Waals surface area contributed by atoms with Gasteiger partial charge in [0.05, 0.1) is 5.56 Å². The van der Waals surface area contributed by atoms with Crippen molar-refractivity contribution in [2.45, 2.75) is 12.5 Å². The molecule has 0 radical (unpaired) electrons. The Labute approximate surface area is 88.9 Å². The molecule has 0 saturated heterocycles. The Kier molecular flexibility index (Phi) is 3.34. The SMILES string of the molecule is Cl.N#Cc1cccc2c1OCC(N)C2. The second kappa shape index (κ2) is 4.32. The molecule has 1 unspecified atom stereocenters. The summed E-state index contributed by atoms with van der Waals surface area (Å²) in [7, 11) is 0. The molecule has 4 heteroatoms. The summed E-state index contributed by atoms with van der Waals surface area (Å²) in [4.78, 5) is 0.